The number of aromatic nitrogens is 3. The van der Waals surface area contributed by atoms with Crippen molar-refractivity contribution in [3.05, 3.63) is 78.0 Å². The topological polar surface area (TPSA) is 90.1 Å². The fraction of sp³-hybridized carbons (Fsp3) is 0.130. The number of para-hydroxylation sites is 1. The average molecular weight is 400 g/mol. The Bertz CT molecular complexity index is 1170. The maximum absolute atomic E-state index is 12.4. The van der Waals surface area contributed by atoms with Crippen molar-refractivity contribution in [2.75, 3.05) is 11.9 Å². The molecule has 4 aromatic rings. The van der Waals surface area contributed by atoms with Gasteiger partial charge in [-0.05, 0) is 61.4 Å². The minimum absolute atomic E-state index is 0.111. The summed E-state index contributed by atoms with van der Waals surface area (Å²) >= 11 is 0. The van der Waals surface area contributed by atoms with Crippen LogP contribution in [0.3, 0.4) is 0 Å². The van der Waals surface area contributed by atoms with Gasteiger partial charge in [-0.1, -0.05) is 29.4 Å². The molecule has 0 aliphatic rings. The molecule has 0 saturated heterocycles. The molecule has 1 N–H and O–H groups in total. The normalized spacial score (nSPS) is 10.6. The number of ether oxygens (including phenoxy) is 1. The van der Waals surface area contributed by atoms with E-state index in [0.29, 0.717) is 34.4 Å². The smallest absolute Gasteiger partial charge is 0.262 e. The van der Waals surface area contributed by atoms with Crippen LogP contribution in [0.1, 0.15) is 11.1 Å². The summed E-state index contributed by atoms with van der Waals surface area (Å²) in [6, 6.07) is 18.4. The Morgan fingerprint density at radius 1 is 1.03 bits per heavy atom. The Hall–Kier alpha value is -4.00. The molecule has 0 aliphatic heterocycles. The molecule has 0 bridgehead atoms. The van der Waals surface area contributed by atoms with Crippen molar-refractivity contribution in [3.8, 4) is 28.7 Å². The summed E-state index contributed by atoms with van der Waals surface area (Å²) in [6.07, 6.45) is 1.66. The minimum atomic E-state index is -0.287. The number of benzene rings is 2. The van der Waals surface area contributed by atoms with Crippen molar-refractivity contribution in [1.29, 1.82) is 0 Å². The summed E-state index contributed by atoms with van der Waals surface area (Å²) < 4.78 is 11.0. The molecule has 1 amide bonds. The van der Waals surface area contributed by atoms with Crippen molar-refractivity contribution in [1.82, 2.24) is 15.1 Å². The van der Waals surface area contributed by atoms with Crippen LogP contribution in [0.2, 0.25) is 0 Å². The first-order valence-corrected chi connectivity index (χ1v) is 9.44. The van der Waals surface area contributed by atoms with Crippen molar-refractivity contribution in [3.63, 3.8) is 0 Å². The van der Waals surface area contributed by atoms with E-state index >= 15 is 0 Å². The Kier molecular flexibility index (Phi) is 5.52. The lowest BCUT2D eigenvalue weighted by Crippen LogP contribution is -2.20. The summed E-state index contributed by atoms with van der Waals surface area (Å²) in [7, 11) is 0. The van der Waals surface area contributed by atoms with Gasteiger partial charge in [0.1, 0.15) is 11.4 Å². The number of carbonyl (C=O) groups is 1. The fourth-order valence-electron chi connectivity index (χ4n) is 2.85. The highest BCUT2D eigenvalue weighted by Crippen LogP contribution is 2.28. The van der Waals surface area contributed by atoms with Gasteiger partial charge >= 0.3 is 0 Å². The van der Waals surface area contributed by atoms with Gasteiger partial charge in [-0.25, -0.2) is 0 Å². The zero-order chi connectivity index (χ0) is 20.9. The predicted octanol–water partition coefficient (Wildman–Crippen LogP) is 4.43. The van der Waals surface area contributed by atoms with E-state index in [4.69, 9.17) is 9.26 Å². The monoisotopic (exact) mass is 400 g/mol. The number of amides is 1. The van der Waals surface area contributed by atoms with Gasteiger partial charge in [-0.3, -0.25) is 9.78 Å². The SMILES string of the molecule is Cc1ccc(OCC(=O)Nc2ccccc2-c2nc(-c3ccccn3)no2)cc1C. The van der Waals surface area contributed by atoms with Gasteiger partial charge in [0.2, 0.25) is 5.82 Å². The van der Waals surface area contributed by atoms with Gasteiger partial charge in [0, 0.05) is 6.20 Å². The second-order valence-corrected chi connectivity index (χ2v) is 6.77. The molecular formula is C23H20N4O3. The highest BCUT2D eigenvalue weighted by atomic mass is 16.5. The second kappa shape index (κ2) is 8.57. The Balaban J connectivity index is 1.47. The molecule has 150 valence electrons. The molecule has 0 saturated carbocycles. The number of aryl methyl sites for hydroxylation is 2. The maximum atomic E-state index is 12.4. The van der Waals surface area contributed by atoms with E-state index in [1.807, 2.05) is 56.3 Å². The molecule has 7 nitrogen and oxygen atoms in total. The molecule has 2 aromatic carbocycles. The fourth-order valence-corrected chi connectivity index (χ4v) is 2.85. The molecule has 7 heteroatoms. The third-order valence-electron chi connectivity index (χ3n) is 4.60. The number of anilines is 1. The zero-order valence-corrected chi connectivity index (χ0v) is 16.6. The van der Waals surface area contributed by atoms with E-state index in [9.17, 15) is 4.79 Å². The summed E-state index contributed by atoms with van der Waals surface area (Å²) in [6.45, 7) is 3.92. The van der Waals surface area contributed by atoms with Gasteiger partial charge < -0.3 is 14.6 Å². The molecule has 4 rings (SSSR count). The molecule has 30 heavy (non-hydrogen) atoms. The van der Waals surface area contributed by atoms with Crippen LogP contribution in [0.4, 0.5) is 5.69 Å². The number of pyridine rings is 1. The Labute approximate surface area is 173 Å². The molecular weight excluding hydrogens is 380 g/mol. The van der Waals surface area contributed by atoms with Crippen molar-refractivity contribution >= 4 is 11.6 Å². The number of rotatable bonds is 6. The number of hydrogen-bond donors (Lipinski definition) is 1. The molecule has 0 spiro atoms. The first-order valence-electron chi connectivity index (χ1n) is 9.44. The van der Waals surface area contributed by atoms with Crippen LogP contribution >= 0.6 is 0 Å². The van der Waals surface area contributed by atoms with Gasteiger partial charge in [-0.2, -0.15) is 4.98 Å². The first-order chi connectivity index (χ1) is 14.6. The summed E-state index contributed by atoms with van der Waals surface area (Å²) in [5.74, 6) is 1.04. The molecule has 0 fully saturated rings. The van der Waals surface area contributed by atoms with Crippen molar-refractivity contribution in [2.24, 2.45) is 0 Å². The van der Waals surface area contributed by atoms with Gasteiger partial charge in [0.15, 0.2) is 6.61 Å². The molecule has 0 aliphatic carbocycles. The summed E-state index contributed by atoms with van der Waals surface area (Å²) in [4.78, 5) is 21.1. The molecule has 2 aromatic heterocycles. The van der Waals surface area contributed by atoms with E-state index in [0.717, 1.165) is 5.56 Å². The molecule has 0 unspecified atom stereocenters. The Morgan fingerprint density at radius 3 is 2.67 bits per heavy atom. The molecule has 0 radical (unpaired) electrons. The van der Waals surface area contributed by atoms with Gasteiger partial charge in [-0.15, -0.1) is 0 Å². The number of hydrogen-bond acceptors (Lipinski definition) is 6. The first kappa shape index (κ1) is 19.3. The van der Waals surface area contributed by atoms with Crippen molar-refractivity contribution < 1.29 is 14.1 Å². The van der Waals surface area contributed by atoms with Crippen LogP contribution in [0.25, 0.3) is 23.0 Å². The Morgan fingerprint density at radius 2 is 1.87 bits per heavy atom. The van der Waals surface area contributed by atoms with E-state index in [2.05, 4.69) is 20.4 Å². The molecule has 2 heterocycles. The van der Waals surface area contributed by atoms with Crippen LogP contribution < -0.4 is 10.1 Å². The third-order valence-corrected chi connectivity index (χ3v) is 4.60. The van der Waals surface area contributed by atoms with Gasteiger partial charge in [0.05, 0.1) is 11.3 Å². The number of carbonyl (C=O) groups excluding carboxylic acids is 1. The van der Waals surface area contributed by atoms with E-state index in [-0.39, 0.29) is 12.5 Å². The van der Waals surface area contributed by atoms with Gasteiger partial charge in [0.25, 0.3) is 11.8 Å². The van der Waals surface area contributed by atoms with Crippen LogP contribution in [-0.2, 0) is 4.79 Å². The lowest BCUT2D eigenvalue weighted by atomic mass is 10.1. The maximum Gasteiger partial charge on any atom is 0.262 e. The lowest BCUT2D eigenvalue weighted by Gasteiger charge is -2.10. The highest BCUT2D eigenvalue weighted by Gasteiger charge is 2.16. The minimum Gasteiger partial charge on any atom is -0.484 e. The average Bonchev–Trinajstić information content (AvgIpc) is 3.26. The third kappa shape index (κ3) is 4.35. The van der Waals surface area contributed by atoms with Crippen molar-refractivity contribution in [2.45, 2.75) is 13.8 Å². The summed E-state index contributed by atoms with van der Waals surface area (Å²) in [5.41, 5.74) is 4.06. The van der Waals surface area contributed by atoms with Crippen LogP contribution in [0.15, 0.2) is 71.4 Å². The zero-order valence-electron chi connectivity index (χ0n) is 16.6. The van der Waals surface area contributed by atoms with Crippen LogP contribution in [-0.4, -0.2) is 27.6 Å². The molecule has 0 atom stereocenters. The standard InChI is InChI=1S/C23H20N4O3/c1-15-10-11-17(13-16(15)2)29-14-21(28)25-19-8-4-3-7-18(19)23-26-22(27-30-23)20-9-5-6-12-24-20/h3-13H,14H2,1-2H3,(H,25,28). The highest BCUT2D eigenvalue weighted by molar-refractivity contribution is 5.95. The van der Waals surface area contributed by atoms with E-state index in [1.165, 1.54) is 5.56 Å². The van der Waals surface area contributed by atoms with E-state index in [1.54, 1.807) is 24.4 Å². The quantitative estimate of drug-likeness (QED) is 0.515. The summed E-state index contributed by atoms with van der Waals surface area (Å²) in [5, 5.41) is 6.84. The second-order valence-electron chi connectivity index (χ2n) is 6.77. The van der Waals surface area contributed by atoms with Crippen LogP contribution in [0, 0.1) is 13.8 Å². The van der Waals surface area contributed by atoms with E-state index < -0.39 is 0 Å². The number of nitrogens with one attached hydrogen (secondary N) is 1. The van der Waals surface area contributed by atoms with Crippen LogP contribution in [0.5, 0.6) is 5.75 Å². The number of nitrogens with zero attached hydrogens (tertiary/aromatic N) is 3. The largest absolute Gasteiger partial charge is 0.484 e. The lowest BCUT2D eigenvalue weighted by molar-refractivity contribution is -0.118. The predicted molar refractivity (Wildman–Crippen MR) is 113 cm³/mol.